The smallest absolute Gasteiger partial charge is 0.267 e. The molecule has 3 heterocycles. The van der Waals surface area contributed by atoms with E-state index in [1.165, 1.54) is 39.3 Å². The van der Waals surface area contributed by atoms with Gasteiger partial charge >= 0.3 is 0 Å². The molecule has 0 radical (unpaired) electrons. The summed E-state index contributed by atoms with van der Waals surface area (Å²) in [5, 5.41) is 10.3. The number of nitrogens with zero attached hydrogens (tertiary/aromatic N) is 1. The van der Waals surface area contributed by atoms with E-state index < -0.39 is 0 Å². The molecule has 1 aliphatic rings. The predicted molar refractivity (Wildman–Crippen MR) is 128 cm³/mol. The summed E-state index contributed by atoms with van der Waals surface area (Å²) >= 11 is 10.3. The molecular formula is C21H17N3OS4. The van der Waals surface area contributed by atoms with Crippen molar-refractivity contribution in [1.82, 2.24) is 10.3 Å². The maximum absolute atomic E-state index is 12.3. The van der Waals surface area contributed by atoms with Crippen LogP contribution < -0.4 is 10.6 Å². The van der Waals surface area contributed by atoms with Gasteiger partial charge in [-0.3, -0.25) is 10.1 Å². The Hall–Kier alpha value is -2.13. The van der Waals surface area contributed by atoms with E-state index in [4.69, 9.17) is 17.2 Å². The van der Waals surface area contributed by atoms with Crippen LogP contribution in [0.4, 0.5) is 5.00 Å². The Bertz CT molecular complexity index is 1170. The number of aromatic nitrogens is 1. The van der Waals surface area contributed by atoms with Crippen molar-refractivity contribution in [2.24, 2.45) is 0 Å². The SMILES string of the molecule is O=C(NC(=S)Nc1sc2c(c1-c1nc3ccccc3s1)CCCC2)c1cccs1. The standard InChI is InChI=1S/C21H17N3OS4/c25-18(16-10-5-11-27-16)23-21(26)24-20-17(12-6-1-3-8-14(12)28-20)19-22-13-7-2-4-9-15(13)29-19/h2,4-5,7,9-11H,1,3,6,8H2,(H2,23,24,25,26). The summed E-state index contributed by atoms with van der Waals surface area (Å²) < 4.78 is 1.18. The van der Waals surface area contributed by atoms with Crippen LogP contribution in [0.5, 0.6) is 0 Å². The summed E-state index contributed by atoms with van der Waals surface area (Å²) in [6.45, 7) is 0. The van der Waals surface area contributed by atoms with Crippen LogP contribution >= 0.6 is 46.2 Å². The second kappa shape index (κ2) is 7.95. The van der Waals surface area contributed by atoms with Crippen LogP contribution in [0.25, 0.3) is 20.8 Å². The van der Waals surface area contributed by atoms with E-state index >= 15 is 0 Å². The third kappa shape index (κ3) is 3.73. The zero-order chi connectivity index (χ0) is 19.8. The summed E-state index contributed by atoms with van der Waals surface area (Å²) in [7, 11) is 0. The lowest BCUT2D eigenvalue weighted by atomic mass is 9.96. The molecule has 0 fully saturated rings. The van der Waals surface area contributed by atoms with Crippen molar-refractivity contribution < 1.29 is 4.79 Å². The Morgan fingerprint density at radius 3 is 2.76 bits per heavy atom. The first-order valence-electron chi connectivity index (χ1n) is 9.35. The fourth-order valence-corrected chi connectivity index (χ4v) is 6.85. The van der Waals surface area contributed by atoms with E-state index in [0.717, 1.165) is 33.9 Å². The Kier molecular flexibility index (Phi) is 5.17. The highest BCUT2D eigenvalue weighted by Gasteiger charge is 2.25. The van der Waals surface area contributed by atoms with Gasteiger partial charge in [-0.1, -0.05) is 18.2 Å². The van der Waals surface area contributed by atoms with Crippen LogP contribution in [0.3, 0.4) is 0 Å². The van der Waals surface area contributed by atoms with Gasteiger partial charge in [-0.05, 0) is 67.0 Å². The van der Waals surface area contributed by atoms with Crippen LogP contribution in [0.1, 0.15) is 33.0 Å². The molecule has 0 saturated heterocycles. The van der Waals surface area contributed by atoms with Crippen molar-refractivity contribution in [3.8, 4) is 10.6 Å². The number of carbonyl (C=O) groups is 1. The lowest BCUT2D eigenvalue weighted by molar-refractivity contribution is 0.0981. The molecule has 1 amide bonds. The van der Waals surface area contributed by atoms with Gasteiger partial charge in [-0.25, -0.2) is 4.98 Å². The van der Waals surface area contributed by atoms with Gasteiger partial charge in [-0.2, -0.15) is 0 Å². The number of carbonyl (C=O) groups excluding carboxylic acids is 1. The number of benzene rings is 1. The number of anilines is 1. The third-order valence-corrected chi connectivity index (χ3v) is 8.21. The van der Waals surface area contributed by atoms with Gasteiger partial charge in [0.2, 0.25) is 0 Å². The van der Waals surface area contributed by atoms with Crippen LogP contribution in [0.15, 0.2) is 41.8 Å². The second-order valence-corrected chi connectivity index (χ2v) is 10.3. The molecule has 4 nitrogen and oxygen atoms in total. The van der Waals surface area contributed by atoms with Gasteiger partial charge in [0.25, 0.3) is 5.91 Å². The molecule has 0 bridgehead atoms. The van der Waals surface area contributed by atoms with Crippen molar-refractivity contribution >= 4 is 72.5 Å². The number of amides is 1. The molecule has 146 valence electrons. The predicted octanol–water partition coefficient (Wildman–Crippen LogP) is 6.09. The molecule has 0 atom stereocenters. The first kappa shape index (κ1) is 18.9. The monoisotopic (exact) mass is 455 g/mol. The number of rotatable bonds is 3. The van der Waals surface area contributed by atoms with Gasteiger partial charge in [0.1, 0.15) is 10.0 Å². The summed E-state index contributed by atoms with van der Waals surface area (Å²) in [5.74, 6) is -0.180. The average molecular weight is 456 g/mol. The Morgan fingerprint density at radius 1 is 1.07 bits per heavy atom. The number of aryl methyl sites for hydroxylation is 1. The van der Waals surface area contributed by atoms with E-state index in [9.17, 15) is 4.79 Å². The van der Waals surface area contributed by atoms with Crippen molar-refractivity contribution in [3.05, 3.63) is 57.1 Å². The van der Waals surface area contributed by atoms with E-state index in [1.54, 1.807) is 28.7 Å². The normalized spacial score (nSPS) is 13.2. The Balaban J connectivity index is 1.48. The number of fused-ring (bicyclic) bond motifs is 2. The molecule has 29 heavy (non-hydrogen) atoms. The zero-order valence-electron chi connectivity index (χ0n) is 15.4. The number of thiocarbonyl (C=S) groups is 1. The quantitative estimate of drug-likeness (QED) is 0.367. The number of thiazole rings is 1. The lowest BCUT2D eigenvalue weighted by Gasteiger charge is -2.12. The van der Waals surface area contributed by atoms with Gasteiger partial charge in [-0.15, -0.1) is 34.0 Å². The molecular weight excluding hydrogens is 439 g/mol. The fraction of sp³-hybridized carbons (Fsp3) is 0.190. The largest absolute Gasteiger partial charge is 0.323 e. The van der Waals surface area contributed by atoms with Crippen molar-refractivity contribution in [1.29, 1.82) is 0 Å². The van der Waals surface area contributed by atoms with Crippen LogP contribution in [0.2, 0.25) is 0 Å². The third-order valence-electron chi connectivity index (χ3n) is 4.88. The molecule has 0 unspecified atom stereocenters. The molecule has 8 heteroatoms. The van der Waals surface area contributed by atoms with Gasteiger partial charge in [0.15, 0.2) is 5.11 Å². The van der Waals surface area contributed by atoms with Gasteiger partial charge < -0.3 is 5.32 Å². The highest BCUT2D eigenvalue weighted by molar-refractivity contribution is 7.80. The molecule has 0 spiro atoms. The van der Waals surface area contributed by atoms with Gasteiger partial charge in [0.05, 0.1) is 15.1 Å². The number of thiophene rings is 2. The summed E-state index contributed by atoms with van der Waals surface area (Å²) in [6.07, 6.45) is 4.56. The van der Waals surface area contributed by atoms with Crippen molar-refractivity contribution in [3.63, 3.8) is 0 Å². The van der Waals surface area contributed by atoms with Crippen LogP contribution in [-0.4, -0.2) is 16.0 Å². The highest BCUT2D eigenvalue weighted by Crippen LogP contribution is 2.46. The van der Waals surface area contributed by atoms with E-state index in [-0.39, 0.29) is 5.91 Å². The number of hydrogen-bond acceptors (Lipinski definition) is 6. The summed E-state index contributed by atoms with van der Waals surface area (Å²) in [6, 6.07) is 11.9. The molecule has 1 aliphatic carbocycles. The van der Waals surface area contributed by atoms with Crippen molar-refractivity contribution in [2.75, 3.05) is 5.32 Å². The van der Waals surface area contributed by atoms with Crippen LogP contribution in [0, 0.1) is 0 Å². The summed E-state index contributed by atoms with van der Waals surface area (Å²) in [4.78, 5) is 19.3. The van der Waals surface area contributed by atoms with Crippen LogP contribution in [-0.2, 0) is 12.8 Å². The van der Waals surface area contributed by atoms with Gasteiger partial charge in [0, 0.05) is 10.4 Å². The minimum atomic E-state index is -0.180. The fourth-order valence-electron chi connectivity index (χ4n) is 3.57. The van der Waals surface area contributed by atoms with E-state index in [2.05, 4.69) is 16.7 Å². The van der Waals surface area contributed by atoms with Crippen molar-refractivity contribution in [2.45, 2.75) is 25.7 Å². The molecule has 3 aromatic heterocycles. The Labute approximate surface area is 185 Å². The molecule has 5 rings (SSSR count). The average Bonchev–Trinajstić information content (AvgIpc) is 3.45. The Morgan fingerprint density at radius 2 is 1.93 bits per heavy atom. The lowest BCUT2D eigenvalue weighted by Crippen LogP contribution is -2.33. The zero-order valence-corrected chi connectivity index (χ0v) is 18.6. The maximum Gasteiger partial charge on any atom is 0.267 e. The maximum atomic E-state index is 12.3. The van der Waals surface area contributed by atoms with E-state index in [1.807, 2.05) is 29.6 Å². The second-order valence-electron chi connectivity index (χ2n) is 6.79. The molecule has 1 aromatic carbocycles. The summed E-state index contributed by atoms with van der Waals surface area (Å²) in [5.41, 5.74) is 3.55. The molecule has 0 saturated carbocycles. The molecule has 4 aromatic rings. The molecule has 2 N–H and O–H groups in total. The topological polar surface area (TPSA) is 54.0 Å². The van der Waals surface area contributed by atoms with E-state index in [0.29, 0.717) is 9.99 Å². The highest BCUT2D eigenvalue weighted by atomic mass is 32.1. The number of nitrogens with one attached hydrogen (secondary N) is 2. The number of hydrogen-bond donors (Lipinski definition) is 2. The molecule has 0 aliphatic heterocycles. The first-order chi connectivity index (χ1) is 14.2. The minimum Gasteiger partial charge on any atom is -0.323 e. The number of para-hydroxylation sites is 1. The first-order valence-corrected chi connectivity index (χ1v) is 12.3. The minimum absolute atomic E-state index is 0.180.